The van der Waals surface area contributed by atoms with Crippen LogP contribution < -0.4 is 11.1 Å². The van der Waals surface area contributed by atoms with E-state index in [-0.39, 0.29) is 29.4 Å². The van der Waals surface area contributed by atoms with Gasteiger partial charge in [0.25, 0.3) is 5.91 Å². The van der Waals surface area contributed by atoms with Crippen LogP contribution >= 0.6 is 15.9 Å². The number of ether oxygens (including phenoxy) is 1. The Morgan fingerprint density at radius 3 is 2.77 bits per heavy atom. The average Bonchev–Trinajstić information content (AvgIpc) is 3.33. The molecule has 1 fully saturated rings. The van der Waals surface area contributed by atoms with E-state index in [0.717, 1.165) is 21.2 Å². The summed E-state index contributed by atoms with van der Waals surface area (Å²) in [5.74, 6) is -0.192. The summed E-state index contributed by atoms with van der Waals surface area (Å²) in [6, 6.07) is 9.23. The van der Waals surface area contributed by atoms with E-state index in [2.05, 4.69) is 31.3 Å². The Morgan fingerprint density at radius 1 is 1.29 bits per heavy atom. The molecule has 3 atom stereocenters. The highest BCUT2D eigenvalue weighted by molar-refractivity contribution is 9.10. The van der Waals surface area contributed by atoms with Gasteiger partial charge in [0.1, 0.15) is 5.82 Å². The third kappa shape index (κ3) is 5.12. The predicted molar refractivity (Wildman–Crippen MR) is 120 cm³/mol. The summed E-state index contributed by atoms with van der Waals surface area (Å²) in [6.45, 7) is 0.400. The molecule has 0 radical (unpaired) electrons. The number of amides is 1. The zero-order valence-electron chi connectivity index (χ0n) is 17.0. The third-order valence-electron chi connectivity index (χ3n) is 5.37. The van der Waals surface area contributed by atoms with Crippen LogP contribution in [0.4, 0.5) is 5.82 Å². The minimum absolute atomic E-state index is 0.149. The first-order valence-electron chi connectivity index (χ1n) is 9.98. The largest absolute Gasteiger partial charge is 0.393 e. The normalized spacial score (nSPS) is 20.7. The summed E-state index contributed by atoms with van der Waals surface area (Å²) in [5.41, 5.74) is 8.88. The first-order valence-corrected chi connectivity index (χ1v) is 10.8. The molecule has 0 unspecified atom stereocenters. The van der Waals surface area contributed by atoms with Crippen molar-refractivity contribution in [2.45, 2.75) is 37.7 Å². The molecular weight excluding hydrogens is 462 g/mol. The van der Waals surface area contributed by atoms with Crippen LogP contribution in [0.3, 0.4) is 0 Å². The number of carbonyl (C=O) groups excluding carboxylic acids is 1. The molecule has 3 aromatic rings. The maximum Gasteiger partial charge on any atom is 0.255 e. The summed E-state index contributed by atoms with van der Waals surface area (Å²) in [5, 5.41) is 17.3. The molecular formula is C22H24BrN5O3. The van der Waals surface area contributed by atoms with E-state index >= 15 is 0 Å². The number of hydrogen-bond acceptors (Lipinski definition) is 6. The number of pyridine rings is 1. The lowest BCUT2D eigenvalue weighted by Gasteiger charge is -2.21. The smallest absolute Gasteiger partial charge is 0.255 e. The number of nitrogens with two attached hydrogens (primary N) is 1. The number of aromatic nitrogens is 3. The fourth-order valence-corrected chi connectivity index (χ4v) is 3.99. The van der Waals surface area contributed by atoms with E-state index in [4.69, 9.17) is 10.5 Å². The zero-order chi connectivity index (χ0) is 22.0. The third-order valence-corrected chi connectivity index (χ3v) is 5.90. The SMILES string of the molecule is Cn1cc(-c2cnc(N)c(C(=O)N[C@H]3C[C@H](O)C[C@@H]3OCc3ccc(Br)cc3)c2)cn1. The number of aliphatic hydroxyl groups is 1. The molecule has 4 N–H and O–H groups in total. The van der Waals surface area contributed by atoms with Gasteiger partial charge in [-0.2, -0.15) is 5.10 Å². The second kappa shape index (κ2) is 9.17. The van der Waals surface area contributed by atoms with Gasteiger partial charge >= 0.3 is 0 Å². The summed E-state index contributed by atoms with van der Waals surface area (Å²) >= 11 is 3.42. The van der Waals surface area contributed by atoms with E-state index in [1.807, 2.05) is 37.5 Å². The monoisotopic (exact) mass is 485 g/mol. The van der Waals surface area contributed by atoms with Crippen molar-refractivity contribution in [2.75, 3.05) is 5.73 Å². The van der Waals surface area contributed by atoms with Gasteiger partial charge in [0.2, 0.25) is 0 Å². The molecule has 1 aliphatic carbocycles. The molecule has 0 saturated heterocycles. The lowest BCUT2D eigenvalue weighted by molar-refractivity contribution is 0.0214. The van der Waals surface area contributed by atoms with Crippen LogP contribution in [-0.2, 0) is 18.4 Å². The fourth-order valence-electron chi connectivity index (χ4n) is 3.73. The maximum atomic E-state index is 13.0. The van der Waals surface area contributed by atoms with E-state index in [1.165, 1.54) is 0 Å². The second-order valence-corrected chi connectivity index (χ2v) is 8.66. The molecule has 1 aromatic carbocycles. The summed E-state index contributed by atoms with van der Waals surface area (Å²) in [7, 11) is 1.82. The maximum absolute atomic E-state index is 13.0. The lowest BCUT2D eigenvalue weighted by atomic mass is 10.1. The van der Waals surface area contributed by atoms with Crippen molar-refractivity contribution in [1.29, 1.82) is 0 Å². The molecule has 1 amide bonds. The predicted octanol–water partition coefficient (Wildman–Crippen LogP) is 2.67. The minimum Gasteiger partial charge on any atom is -0.393 e. The van der Waals surface area contributed by atoms with Gasteiger partial charge < -0.3 is 20.9 Å². The quantitative estimate of drug-likeness (QED) is 0.494. The molecule has 1 saturated carbocycles. The van der Waals surface area contributed by atoms with Crippen molar-refractivity contribution in [1.82, 2.24) is 20.1 Å². The number of nitrogen functional groups attached to an aromatic ring is 1. The number of rotatable bonds is 6. The van der Waals surface area contributed by atoms with Crippen molar-refractivity contribution in [3.05, 3.63) is 64.5 Å². The number of halogens is 1. The van der Waals surface area contributed by atoms with Crippen LogP contribution in [0.2, 0.25) is 0 Å². The number of anilines is 1. The number of benzene rings is 1. The van der Waals surface area contributed by atoms with Gasteiger partial charge in [-0.25, -0.2) is 4.98 Å². The number of aliphatic hydroxyl groups excluding tert-OH is 1. The summed E-state index contributed by atoms with van der Waals surface area (Å²) < 4.78 is 8.70. The Hall–Kier alpha value is -2.75. The number of nitrogens with one attached hydrogen (secondary N) is 1. The highest BCUT2D eigenvalue weighted by Gasteiger charge is 2.35. The van der Waals surface area contributed by atoms with Gasteiger partial charge in [-0.1, -0.05) is 28.1 Å². The van der Waals surface area contributed by atoms with E-state index < -0.39 is 6.10 Å². The molecule has 162 valence electrons. The van der Waals surface area contributed by atoms with Crippen molar-refractivity contribution in [3.63, 3.8) is 0 Å². The molecule has 8 nitrogen and oxygen atoms in total. The van der Waals surface area contributed by atoms with Crippen molar-refractivity contribution >= 4 is 27.7 Å². The summed E-state index contributed by atoms with van der Waals surface area (Å²) in [4.78, 5) is 17.2. The van der Waals surface area contributed by atoms with E-state index in [0.29, 0.717) is 19.4 Å². The molecule has 2 aromatic heterocycles. The van der Waals surface area contributed by atoms with Crippen LogP contribution in [0.1, 0.15) is 28.8 Å². The molecule has 2 heterocycles. The number of hydrogen-bond donors (Lipinski definition) is 3. The molecule has 0 aliphatic heterocycles. The van der Waals surface area contributed by atoms with Crippen LogP contribution in [-0.4, -0.2) is 44.0 Å². The summed E-state index contributed by atoms with van der Waals surface area (Å²) in [6.07, 6.45) is 5.22. The first-order chi connectivity index (χ1) is 14.9. The lowest BCUT2D eigenvalue weighted by Crippen LogP contribution is -2.41. The zero-order valence-corrected chi connectivity index (χ0v) is 18.6. The van der Waals surface area contributed by atoms with Crippen molar-refractivity contribution in [2.24, 2.45) is 7.05 Å². The molecule has 0 spiro atoms. The van der Waals surface area contributed by atoms with Gasteiger partial charge in [-0.15, -0.1) is 0 Å². The number of aryl methyl sites for hydroxylation is 1. The van der Waals surface area contributed by atoms with Crippen LogP contribution in [0.5, 0.6) is 0 Å². The Morgan fingerprint density at radius 2 is 2.06 bits per heavy atom. The molecule has 0 bridgehead atoms. The number of nitrogens with zero attached hydrogens (tertiary/aromatic N) is 3. The van der Waals surface area contributed by atoms with Gasteiger partial charge in [0.05, 0.1) is 36.6 Å². The minimum atomic E-state index is -0.530. The number of carbonyl (C=O) groups is 1. The van der Waals surface area contributed by atoms with Crippen LogP contribution in [0.25, 0.3) is 11.1 Å². The average molecular weight is 486 g/mol. The second-order valence-electron chi connectivity index (χ2n) is 7.74. The van der Waals surface area contributed by atoms with Crippen LogP contribution in [0, 0.1) is 0 Å². The molecule has 4 rings (SSSR count). The van der Waals surface area contributed by atoms with Gasteiger partial charge in [0, 0.05) is 41.5 Å². The van der Waals surface area contributed by atoms with E-state index in [1.54, 1.807) is 23.1 Å². The van der Waals surface area contributed by atoms with Crippen molar-refractivity contribution < 1.29 is 14.6 Å². The molecule has 9 heteroatoms. The highest BCUT2D eigenvalue weighted by Crippen LogP contribution is 2.26. The molecule has 31 heavy (non-hydrogen) atoms. The van der Waals surface area contributed by atoms with Gasteiger partial charge in [0.15, 0.2) is 0 Å². The van der Waals surface area contributed by atoms with Crippen molar-refractivity contribution in [3.8, 4) is 11.1 Å². The standard InChI is InChI=1S/C22H24BrN5O3/c1-28-11-15(10-26-28)14-6-18(21(24)25-9-14)22(30)27-19-7-17(29)8-20(19)31-12-13-2-4-16(23)5-3-13/h2-6,9-11,17,19-20,29H,7-8,12H2,1H3,(H2,24,25)(H,27,30)/t17-,19-,20-/m0/s1. The Kier molecular flexibility index (Phi) is 6.35. The van der Waals surface area contributed by atoms with Gasteiger partial charge in [-0.05, 0) is 30.2 Å². The van der Waals surface area contributed by atoms with E-state index in [9.17, 15) is 9.90 Å². The van der Waals surface area contributed by atoms with Gasteiger partial charge in [-0.3, -0.25) is 9.48 Å². The fraction of sp³-hybridized carbons (Fsp3) is 0.318. The Labute approximate surface area is 188 Å². The topological polar surface area (TPSA) is 115 Å². The highest BCUT2D eigenvalue weighted by atomic mass is 79.9. The first kappa shape index (κ1) is 21.5. The Balaban J connectivity index is 1.45. The molecule has 1 aliphatic rings. The Bertz CT molecular complexity index is 1070. The van der Waals surface area contributed by atoms with Crippen LogP contribution in [0.15, 0.2) is 53.4 Å².